The first kappa shape index (κ1) is 21.8. The second kappa shape index (κ2) is 7.37. The Morgan fingerprint density at radius 1 is 1.00 bits per heavy atom. The number of carbonyl (C=O) groups is 2. The molecule has 2 aromatic carbocycles. The zero-order chi connectivity index (χ0) is 23.6. The molecule has 4 aliphatic rings. The summed E-state index contributed by atoms with van der Waals surface area (Å²) in [6.45, 7) is 3.84. The zero-order valence-corrected chi connectivity index (χ0v) is 19.8. The summed E-state index contributed by atoms with van der Waals surface area (Å²) >= 11 is 0. The van der Waals surface area contributed by atoms with Gasteiger partial charge in [-0.05, 0) is 61.8 Å². The van der Waals surface area contributed by atoms with E-state index in [4.69, 9.17) is 14.2 Å². The number of ether oxygens (including phenoxy) is 3. The van der Waals surface area contributed by atoms with Crippen LogP contribution in [0.25, 0.3) is 6.08 Å². The Hall–Kier alpha value is -2.76. The van der Waals surface area contributed by atoms with Crippen LogP contribution in [0.3, 0.4) is 0 Å². The zero-order valence-electron chi connectivity index (χ0n) is 19.8. The molecule has 5 nitrogen and oxygen atoms in total. The van der Waals surface area contributed by atoms with Gasteiger partial charge < -0.3 is 14.2 Å². The Bertz CT molecular complexity index is 1200. The first-order chi connectivity index (χ1) is 16.4. The van der Waals surface area contributed by atoms with E-state index in [1.54, 1.807) is 6.92 Å². The Kier molecular flexibility index (Phi) is 4.71. The van der Waals surface area contributed by atoms with Gasteiger partial charge in [-0.1, -0.05) is 67.1 Å². The second-order valence-electron chi connectivity index (χ2n) is 10.1. The van der Waals surface area contributed by atoms with Crippen LogP contribution < -0.4 is 0 Å². The molecule has 0 amide bonds. The van der Waals surface area contributed by atoms with Crippen molar-refractivity contribution in [2.75, 3.05) is 6.61 Å². The van der Waals surface area contributed by atoms with Crippen LogP contribution in [0, 0.1) is 5.41 Å². The van der Waals surface area contributed by atoms with Gasteiger partial charge in [-0.3, -0.25) is 4.79 Å². The minimum atomic E-state index is -1.86. The van der Waals surface area contributed by atoms with E-state index in [9.17, 15) is 9.59 Å². The van der Waals surface area contributed by atoms with Crippen molar-refractivity contribution >= 4 is 17.8 Å². The molecule has 2 spiro atoms. The van der Waals surface area contributed by atoms with Gasteiger partial charge in [-0.25, -0.2) is 4.79 Å². The molecule has 2 aliphatic heterocycles. The van der Waals surface area contributed by atoms with Crippen molar-refractivity contribution in [3.8, 4) is 0 Å². The first-order valence-corrected chi connectivity index (χ1v) is 12.4. The molecule has 0 aromatic heterocycles. The average molecular weight is 459 g/mol. The van der Waals surface area contributed by atoms with Crippen molar-refractivity contribution in [1.29, 1.82) is 0 Å². The van der Waals surface area contributed by atoms with Crippen molar-refractivity contribution in [3.63, 3.8) is 0 Å². The predicted molar refractivity (Wildman–Crippen MR) is 127 cm³/mol. The summed E-state index contributed by atoms with van der Waals surface area (Å²) < 4.78 is 19.4. The summed E-state index contributed by atoms with van der Waals surface area (Å²) in [6.07, 6.45) is 6.56. The third-order valence-corrected chi connectivity index (χ3v) is 8.44. The molecular weight excluding hydrogens is 428 g/mol. The van der Waals surface area contributed by atoms with Gasteiger partial charge in [0, 0.05) is 6.42 Å². The summed E-state index contributed by atoms with van der Waals surface area (Å²) in [5.41, 5.74) is -0.283. The summed E-state index contributed by atoms with van der Waals surface area (Å²) in [4.78, 5) is 28.4. The smallest absolute Gasteiger partial charge is 0.350 e. The van der Waals surface area contributed by atoms with E-state index in [0.29, 0.717) is 19.3 Å². The number of esters is 1. The number of carbonyl (C=O) groups excluding carboxylic acids is 2. The van der Waals surface area contributed by atoms with Gasteiger partial charge in [0.05, 0.1) is 12.0 Å². The molecule has 2 bridgehead atoms. The third kappa shape index (κ3) is 2.47. The van der Waals surface area contributed by atoms with Gasteiger partial charge in [0.1, 0.15) is 0 Å². The molecule has 0 N–H and O–H groups in total. The van der Waals surface area contributed by atoms with E-state index < -0.39 is 28.4 Å². The number of Topliss-reactive ketones (excluding diaryl/α,β-unsaturated/α-hetero) is 1. The van der Waals surface area contributed by atoms with Crippen molar-refractivity contribution in [2.45, 2.75) is 69.4 Å². The Morgan fingerprint density at radius 3 is 2.53 bits per heavy atom. The number of fused-ring (bicyclic) bond motifs is 4. The maximum atomic E-state index is 14.5. The van der Waals surface area contributed by atoms with Crippen molar-refractivity contribution < 1.29 is 23.8 Å². The fourth-order valence-electron chi connectivity index (χ4n) is 6.84. The Labute approximate surface area is 200 Å². The fraction of sp³-hybridized carbons (Fsp3) is 0.448. The molecule has 176 valence electrons. The third-order valence-electron chi connectivity index (χ3n) is 8.44. The van der Waals surface area contributed by atoms with E-state index in [0.717, 1.165) is 41.5 Å². The van der Waals surface area contributed by atoms with Gasteiger partial charge in [0.2, 0.25) is 0 Å². The van der Waals surface area contributed by atoms with Crippen LogP contribution in [-0.4, -0.2) is 29.7 Å². The second-order valence-corrected chi connectivity index (χ2v) is 10.1. The van der Waals surface area contributed by atoms with Crippen LogP contribution in [0.1, 0.15) is 62.6 Å². The quantitative estimate of drug-likeness (QED) is 0.472. The summed E-state index contributed by atoms with van der Waals surface area (Å²) in [5, 5.41) is 0. The number of ketones is 1. The van der Waals surface area contributed by atoms with Crippen LogP contribution in [0.2, 0.25) is 0 Å². The molecule has 2 saturated heterocycles. The maximum absolute atomic E-state index is 14.5. The lowest BCUT2D eigenvalue weighted by molar-refractivity contribution is -0.249. The minimum Gasteiger partial charge on any atom is -0.463 e. The number of hydrogen-bond acceptors (Lipinski definition) is 5. The molecular formula is C29H30O5. The Morgan fingerprint density at radius 2 is 1.74 bits per heavy atom. The van der Waals surface area contributed by atoms with Gasteiger partial charge >= 0.3 is 5.97 Å². The predicted octanol–water partition coefficient (Wildman–Crippen LogP) is 5.12. The largest absolute Gasteiger partial charge is 0.463 e. The van der Waals surface area contributed by atoms with Crippen molar-refractivity contribution in [3.05, 3.63) is 76.9 Å². The van der Waals surface area contributed by atoms with E-state index in [1.165, 1.54) is 0 Å². The average Bonchev–Trinajstić information content (AvgIpc) is 3.27. The SMILES string of the molecule is CCOC(=O)[C@]12O[C@]3(CCCC[C@]3(C)C1=O)OC21/C(=C/c2ccccc2)CCc2ccccc21. The van der Waals surface area contributed by atoms with Crippen LogP contribution in [0.4, 0.5) is 0 Å². The lowest BCUT2D eigenvalue weighted by atomic mass is 9.57. The number of benzene rings is 2. The molecule has 4 atom stereocenters. The molecule has 34 heavy (non-hydrogen) atoms. The molecule has 2 heterocycles. The number of rotatable bonds is 3. The fourth-order valence-corrected chi connectivity index (χ4v) is 6.84. The van der Waals surface area contributed by atoms with Crippen LogP contribution in [0.15, 0.2) is 60.2 Å². The van der Waals surface area contributed by atoms with E-state index in [1.807, 2.05) is 55.5 Å². The molecule has 1 unspecified atom stereocenters. The highest BCUT2D eigenvalue weighted by atomic mass is 16.8. The standard InChI is InChI=1S/C29H30O5/c1-3-32-25(31)29-24(30)26(2)17-9-10-18-27(26,34-29)33-28(29)22(19-20-11-5-4-6-12-20)16-15-21-13-7-8-14-23(21)28/h4-8,11-14,19H,3,9-10,15-18H2,1-2H3/b22-19+/t26-,27+,28?,29-/m1/s1. The lowest BCUT2D eigenvalue weighted by Gasteiger charge is -2.52. The van der Waals surface area contributed by atoms with E-state index in [-0.39, 0.29) is 12.4 Å². The van der Waals surface area contributed by atoms with Crippen molar-refractivity contribution in [2.24, 2.45) is 5.41 Å². The lowest BCUT2D eigenvalue weighted by Crippen LogP contribution is -2.67. The van der Waals surface area contributed by atoms with Gasteiger partial charge in [0.15, 0.2) is 17.2 Å². The van der Waals surface area contributed by atoms with Crippen LogP contribution in [0.5, 0.6) is 0 Å². The minimum absolute atomic E-state index is 0.163. The topological polar surface area (TPSA) is 61.8 Å². The molecule has 6 rings (SSSR count). The normalized spacial score (nSPS) is 37.0. The number of aryl methyl sites for hydroxylation is 1. The molecule has 2 aliphatic carbocycles. The number of hydrogen-bond donors (Lipinski definition) is 0. The van der Waals surface area contributed by atoms with Crippen LogP contribution >= 0.6 is 0 Å². The highest BCUT2D eigenvalue weighted by Crippen LogP contribution is 2.72. The Balaban J connectivity index is 1.67. The highest BCUT2D eigenvalue weighted by Gasteiger charge is 2.88. The first-order valence-electron chi connectivity index (χ1n) is 12.4. The summed E-state index contributed by atoms with van der Waals surface area (Å²) in [5.74, 6) is -1.97. The highest BCUT2D eigenvalue weighted by molar-refractivity contribution is 6.15. The molecule has 0 radical (unpaired) electrons. The molecule has 1 saturated carbocycles. The van der Waals surface area contributed by atoms with E-state index in [2.05, 4.69) is 12.1 Å². The van der Waals surface area contributed by atoms with Gasteiger partial charge in [-0.15, -0.1) is 0 Å². The summed E-state index contributed by atoms with van der Waals surface area (Å²) in [7, 11) is 0. The molecule has 3 fully saturated rings. The van der Waals surface area contributed by atoms with E-state index >= 15 is 0 Å². The molecule has 5 heteroatoms. The van der Waals surface area contributed by atoms with Gasteiger partial charge in [0.25, 0.3) is 5.60 Å². The monoisotopic (exact) mass is 458 g/mol. The molecule has 2 aromatic rings. The summed E-state index contributed by atoms with van der Waals surface area (Å²) in [6, 6.07) is 18.0. The van der Waals surface area contributed by atoms with Crippen molar-refractivity contribution in [1.82, 2.24) is 0 Å². The maximum Gasteiger partial charge on any atom is 0.350 e. The van der Waals surface area contributed by atoms with Crippen LogP contribution in [-0.2, 0) is 35.8 Å². The van der Waals surface area contributed by atoms with Gasteiger partial charge in [-0.2, -0.15) is 0 Å².